The average Bonchev–Trinajstić information content (AvgIpc) is 2.94. The molecule has 6 heteroatoms. The topological polar surface area (TPSA) is 31.4 Å². The highest BCUT2D eigenvalue weighted by atomic mass is 35.5. The van der Waals surface area contributed by atoms with Crippen molar-refractivity contribution in [3.8, 4) is 11.5 Å². The second kappa shape index (κ2) is 5.22. The van der Waals surface area contributed by atoms with Crippen LogP contribution in [-0.4, -0.2) is 19.2 Å². The lowest BCUT2D eigenvalue weighted by atomic mass is 10.1. The molecule has 0 amide bonds. The molecule has 0 aliphatic rings. The molecule has 0 atom stereocenters. The van der Waals surface area contributed by atoms with Crippen LogP contribution in [0.15, 0.2) is 30.3 Å². The molecule has 0 spiro atoms. The van der Waals surface area contributed by atoms with E-state index < -0.39 is 0 Å². The zero-order valence-corrected chi connectivity index (χ0v) is 13.9. The molecule has 4 rings (SSSR count). The first-order valence-electron chi connectivity index (χ1n) is 6.86. The maximum absolute atomic E-state index is 14.1. The maximum atomic E-state index is 14.1. The Bertz CT molecular complexity index is 1080. The summed E-state index contributed by atoms with van der Waals surface area (Å²) in [6.07, 6.45) is 0. The number of aromatic nitrogens is 1. The van der Waals surface area contributed by atoms with Gasteiger partial charge < -0.3 is 9.47 Å². The van der Waals surface area contributed by atoms with Crippen LogP contribution in [0.2, 0.25) is 5.15 Å². The number of halogens is 2. The minimum atomic E-state index is -0.383. The van der Waals surface area contributed by atoms with Gasteiger partial charge in [-0.3, -0.25) is 0 Å². The lowest BCUT2D eigenvalue weighted by Crippen LogP contribution is -1.90. The Balaban J connectivity index is 2.26. The Hall–Kier alpha value is -2.11. The number of para-hydroxylation sites is 1. The number of pyridine rings is 1. The van der Waals surface area contributed by atoms with Crippen LogP contribution in [0.5, 0.6) is 11.5 Å². The molecular weight excluding hydrogens is 337 g/mol. The molecule has 0 unspecified atom stereocenters. The number of fused-ring (bicyclic) bond motifs is 5. The van der Waals surface area contributed by atoms with E-state index in [0.717, 1.165) is 25.6 Å². The van der Waals surface area contributed by atoms with E-state index >= 15 is 0 Å². The van der Waals surface area contributed by atoms with Crippen LogP contribution in [0.3, 0.4) is 0 Å². The lowest BCUT2D eigenvalue weighted by molar-refractivity contribution is 0.356. The zero-order valence-electron chi connectivity index (χ0n) is 12.3. The van der Waals surface area contributed by atoms with E-state index in [4.69, 9.17) is 21.1 Å². The summed E-state index contributed by atoms with van der Waals surface area (Å²) in [5.41, 5.74) is 0.277. The number of rotatable bonds is 2. The molecular formula is C17H11ClFNO2S. The SMILES string of the molecule is COc1cc2sc3c(Cl)nc4c(F)cccc4c3c2cc1OC. The fraction of sp³-hybridized carbons (Fsp3) is 0.118. The number of thiophene rings is 1. The van der Waals surface area contributed by atoms with E-state index in [2.05, 4.69) is 4.98 Å². The molecule has 0 radical (unpaired) electrons. The highest BCUT2D eigenvalue weighted by molar-refractivity contribution is 7.26. The van der Waals surface area contributed by atoms with E-state index in [1.807, 2.05) is 18.2 Å². The standard InChI is InChI=1S/C17H11ClFNO2S/c1-21-11-6-9-13(7-12(11)22-2)23-16-14(9)8-4-3-5-10(19)15(8)20-17(16)18/h3-7H,1-2H3. The van der Waals surface area contributed by atoms with Crippen molar-refractivity contribution in [2.45, 2.75) is 0 Å². The molecule has 4 aromatic rings. The van der Waals surface area contributed by atoms with Crippen LogP contribution in [-0.2, 0) is 0 Å². The summed E-state index contributed by atoms with van der Waals surface area (Å²) in [4.78, 5) is 4.22. The fourth-order valence-corrected chi connectivity index (χ4v) is 4.22. The Morgan fingerprint density at radius 3 is 2.57 bits per heavy atom. The molecule has 0 aliphatic carbocycles. The van der Waals surface area contributed by atoms with Gasteiger partial charge in [0, 0.05) is 26.9 Å². The van der Waals surface area contributed by atoms with E-state index in [0.29, 0.717) is 16.7 Å². The molecule has 0 saturated heterocycles. The monoisotopic (exact) mass is 347 g/mol. The maximum Gasteiger partial charge on any atom is 0.162 e. The Morgan fingerprint density at radius 1 is 1.09 bits per heavy atom. The normalized spacial score (nSPS) is 11.5. The van der Waals surface area contributed by atoms with E-state index in [9.17, 15) is 4.39 Å². The second-order valence-corrected chi connectivity index (χ2v) is 6.46. The van der Waals surface area contributed by atoms with Crippen molar-refractivity contribution in [2.24, 2.45) is 0 Å². The molecule has 0 aliphatic heterocycles. The van der Waals surface area contributed by atoms with Crippen molar-refractivity contribution in [3.63, 3.8) is 0 Å². The Labute approximate surface area is 140 Å². The van der Waals surface area contributed by atoms with Gasteiger partial charge >= 0.3 is 0 Å². The lowest BCUT2D eigenvalue weighted by Gasteiger charge is -2.07. The average molecular weight is 348 g/mol. The van der Waals surface area contributed by atoms with Crippen molar-refractivity contribution < 1.29 is 13.9 Å². The van der Waals surface area contributed by atoms with Crippen LogP contribution in [0, 0.1) is 5.82 Å². The van der Waals surface area contributed by atoms with E-state index in [-0.39, 0.29) is 11.3 Å². The quantitative estimate of drug-likeness (QED) is 0.454. The minimum absolute atomic E-state index is 0.277. The predicted octanol–water partition coefficient (Wildman–Crippen LogP) is 5.41. The molecule has 2 aromatic carbocycles. The van der Waals surface area contributed by atoms with Crippen LogP contribution >= 0.6 is 22.9 Å². The van der Waals surface area contributed by atoms with Crippen molar-refractivity contribution in [2.75, 3.05) is 14.2 Å². The molecule has 2 heterocycles. The van der Waals surface area contributed by atoms with Crippen molar-refractivity contribution in [1.82, 2.24) is 4.98 Å². The third kappa shape index (κ3) is 2.04. The summed E-state index contributed by atoms with van der Waals surface area (Å²) >= 11 is 7.80. The molecule has 116 valence electrons. The van der Waals surface area contributed by atoms with Gasteiger partial charge in [0.1, 0.15) is 16.5 Å². The zero-order chi connectivity index (χ0) is 16.1. The number of benzene rings is 2. The molecule has 0 bridgehead atoms. The van der Waals surface area contributed by atoms with Gasteiger partial charge in [-0.05, 0) is 12.1 Å². The highest BCUT2D eigenvalue weighted by Crippen LogP contribution is 2.45. The van der Waals surface area contributed by atoms with Gasteiger partial charge in [-0.15, -0.1) is 11.3 Å². The van der Waals surface area contributed by atoms with Gasteiger partial charge in [-0.25, -0.2) is 9.37 Å². The van der Waals surface area contributed by atoms with Crippen LogP contribution in [0.1, 0.15) is 0 Å². The molecule has 0 saturated carbocycles. The van der Waals surface area contributed by atoms with Gasteiger partial charge in [0.25, 0.3) is 0 Å². The third-order valence-electron chi connectivity index (χ3n) is 3.85. The summed E-state index contributed by atoms with van der Waals surface area (Å²) in [6.45, 7) is 0. The highest BCUT2D eigenvalue weighted by Gasteiger charge is 2.17. The van der Waals surface area contributed by atoms with Gasteiger partial charge in [0.15, 0.2) is 11.5 Å². The summed E-state index contributed by atoms with van der Waals surface area (Å²) in [5, 5.41) is 2.88. The fourth-order valence-electron chi connectivity index (χ4n) is 2.82. The molecule has 3 nitrogen and oxygen atoms in total. The van der Waals surface area contributed by atoms with Gasteiger partial charge in [-0.1, -0.05) is 23.7 Å². The molecule has 0 N–H and O–H groups in total. The minimum Gasteiger partial charge on any atom is -0.493 e. The number of hydrogen-bond donors (Lipinski definition) is 0. The molecule has 2 aromatic heterocycles. The molecule has 0 fully saturated rings. The smallest absolute Gasteiger partial charge is 0.162 e. The van der Waals surface area contributed by atoms with Crippen LogP contribution in [0.4, 0.5) is 4.39 Å². The summed E-state index contributed by atoms with van der Waals surface area (Å²) in [6, 6.07) is 8.72. The van der Waals surface area contributed by atoms with Crippen molar-refractivity contribution in [1.29, 1.82) is 0 Å². The largest absolute Gasteiger partial charge is 0.493 e. The number of methoxy groups -OCH3 is 2. The Kier molecular flexibility index (Phi) is 3.28. The van der Waals surface area contributed by atoms with Gasteiger partial charge in [0.05, 0.1) is 18.9 Å². The summed E-state index contributed by atoms with van der Waals surface area (Å²) in [7, 11) is 3.18. The van der Waals surface area contributed by atoms with Crippen LogP contribution in [0.25, 0.3) is 31.1 Å². The van der Waals surface area contributed by atoms with Gasteiger partial charge in [0.2, 0.25) is 0 Å². The number of nitrogens with zero attached hydrogens (tertiary/aromatic N) is 1. The number of hydrogen-bond acceptors (Lipinski definition) is 4. The first-order valence-corrected chi connectivity index (χ1v) is 8.05. The second-order valence-electron chi connectivity index (χ2n) is 5.05. The Morgan fingerprint density at radius 2 is 1.83 bits per heavy atom. The summed E-state index contributed by atoms with van der Waals surface area (Å²) in [5.74, 6) is 0.884. The third-order valence-corrected chi connectivity index (χ3v) is 5.39. The molecule has 23 heavy (non-hydrogen) atoms. The van der Waals surface area contributed by atoms with Crippen molar-refractivity contribution >= 4 is 54.0 Å². The van der Waals surface area contributed by atoms with Gasteiger partial charge in [-0.2, -0.15) is 0 Å². The van der Waals surface area contributed by atoms with Crippen LogP contribution < -0.4 is 9.47 Å². The first-order chi connectivity index (χ1) is 11.1. The van der Waals surface area contributed by atoms with E-state index in [1.165, 1.54) is 17.4 Å². The number of ether oxygens (including phenoxy) is 2. The first kappa shape index (κ1) is 14.5. The summed E-state index contributed by atoms with van der Waals surface area (Å²) < 4.78 is 26.7. The predicted molar refractivity (Wildman–Crippen MR) is 92.7 cm³/mol. The van der Waals surface area contributed by atoms with E-state index in [1.54, 1.807) is 20.3 Å². The van der Waals surface area contributed by atoms with Crippen molar-refractivity contribution in [3.05, 3.63) is 41.3 Å².